The highest BCUT2D eigenvalue weighted by molar-refractivity contribution is 5.99. The third kappa shape index (κ3) is 9.87. The van der Waals surface area contributed by atoms with Crippen LogP contribution in [-0.2, 0) is 30.4 Å². The third-order valence-corrected chi connectivity index (χ3v) is 9.47. The molecule has 8 heteroatoms. The molecule has 4 aromatic rings. The fourth-order valence-electron chi connectivity index (χ4n) is 6.49. The molecule has 0 saturated heterocycles. The molecule has 1 saturated carbocycles. The number of rotatable bonds is 13. The van der Waals surface area contributed by atoms with Gasteiger partial charge in [-0.05, 0) is 122 Å². The highest BCUT2D eigenvalue weighted by atomic mass is 19.4. The van der Waals surface area contributed by atoms with E-state index in [1.807, 2.05) is 42.5 Å². The Hall–Kier alpha value is -4.85. The summed E-state index contributed by atoms with van der Waals surface area (Å²) < 4.78 is 49.5. The molecule has 2 unspecified atom stereocenters. The molecule has 5 nitrogen and oxygen atoms in total. The quantitative estimate of drug-likeness (QED) is 0.0866. The molecule has 0 bridgehead atoms. The van der Waals surface area contributed by atoms with E-state index in [1.54, 1.807) is 12.1 Å². The number of carbonyl (C=O) groups is 2. The van der Waals surface area contributed by atoms with Gasteiger partial charge in [0.2, 0.25) is 0 Å². The first-order valence-corrected chi connectivity index (χ1v) is 17.2. The number of hydrogen-bond donors (Lipinski definition) is 1. The van der Waals surface area contributed by atoms with Crippen molar-refractivity contribution in [1.82, 2.24) is 5.32 Å². The largest absolute Gasteiger partial charge is 0.489 e. The van der Waals surface area contributed by atoms with Gasteiger partial charge in [-0.2, -0.15) is 13.2 Å². The summed E-state index contributed by atoms with van der Waals surface area (Å²) in [5.41, 5.74) is 5.99. The minimum absolute atomic E-state index is 0.0843. The van der Waals surface area contributed by atoms with Gasteiger partial charge in [0.25, 0.3) is 5.91 Å². The molecule has 1 fully saturated rings. The molecule has 0 aliphatic heterocycles. The zero-order valence-electron chi connectivity index (χ0n) is 28.7. The molecule has 0 spiro atoms. The van der Waals surface area contributed by atoms with Crippen molar-refractivity contribution >= 4 is 11.9 Å². The molecular weight excluding hydrogens is 639 g/mol. The van der Waals surface area contributed by atoms with E-state index in [4.69, 9.17) is 9.47 Å². The Morgan fingerprint density at radius 3 is 2.12 bits per heavy atom. The molecule has 50 heavy (non-hydrogen) atoms. The third-order valence-electron chi connectivity index (χ3n) is 9.47. The highest BCUT2D eigenvalue weighted by Gasteiger charge is 2.30. The zero-order chi connectivity index (χ0) is 35.7. The van der Waals surface area contributed by atoms with Crippen LogP contribution in [0.4, 0.5) is 13.2 Å². The lowest BCUT2D eigenvalue weighted by Gasteiger charge is -2.30. The van der Waals surface area contributed by atoms with E-state index in [0.717, 1.165) is 90.7 Å². The van der Waals surface area contributed by atoms with Crippen molar-refractivity contribution in [3.8, 4) is 16.9 Å². The number of esters is 1. The summed E-state index contributed by atoms with van der Waals surface area (Å²) in [5, 5.41) is 3.23. The maximum atomic E-state index is 13.5. The van der Waals surface area contributed by atoms with Gasteiger partial charge in [0.15, 0.2) is 0 Å². The van der Waals surface area contributed by atoms with Gasteiger partial charge in [-0.25, -0.2) is 4.79 Å². The summed E-state index contributed by atoms with van der Waals surface area (Å²) in [6.45, 7) is 6.54. The van der Waals surface area contributed by atoms with Crippen LogP contribution in [0.25, 0.3) is 11.1 Å². The lowest BCUT2D eigenvalue weighted by atomic mass is 9.82. The predicted molar refractivity (Wildman–Crippen MR) is 190 cm³/mol. The van der Waals surface area contributed by atoms with Gasteiger partial charge in [-0.3, -0.25) is 4.79 Å². The van der Waals surface area contributed by atoms with Gasteiger partial charge in [0, 0.05) is 11.6 Å². The molecule has 1 N–H and O–H groups in total. The number of methoxy groups -OCH3 is 1. The van der Waals surface area contributed by atoms with Gasteiger partial charge < -0.3 is 14.8 Å². The van der Waals surface area contributed by atoms with E-state index in [-0.39, 0.29) is 11.9 Å². The number of alkyl halides is 3. The summed E-state index contributed by atoms with van der Waals surface area (Å²) in [5.74, 6) is 0.546. The first-order chi connectivity index (χ1) is 24.0. The molecule has 2 atom stereocenters. The maximum Gasteiger partial charge on any atom is 0.416 e. The highest BCUT2D eigenvalue weighted by Crippen LogP contribution is 2.32. The maximum absolute atomic E-state index is 13.5. The molecular formula is C42H44F3NO4. The minimum Gasteiger partial charge on any atom is -0.489 e. The molecule has 0 aromatic heterocycles. The minimum atomic E-state index is -4.35. The first-order valence-electron chi connectivity index (χ1n) is 17.2. The fourth-order valence-corrected chi connectivity index (χ4v) is 6.49. The van der Waals surface area contributed by atoms with E-state index >= 15 is 0 Å². The summed E-state index contributed by atoms with van der Waals surface area (Å²) in [6.07, 6.45) is 3.01. The van der Waals surface area contributed by atoms with E-state index in [1.165, 1.54) is 24.8 Å². The van der Waals surface area contributed by atoms with Crippen LogP contribution in [0.2, 0.25) is 0 Å². The number of nitrogens with one attached hydrogen (secondary N) is 1. The van der Waals surface area contributed by atoms with Gasteiger partial charge in [-0.15, -0.1) is 0 Å². The number of hydrogen-bond acceptors (Lipinski definition) is 4. The van der Waals surface area contributed by atoms with Gasteiger partial charge in [-0.1, -0.05) is 73.2 Å². The van der Waals surface area contributed by atoms with Crippen LogP contribution in [0.15, 0.2) is 103 Å². The average molecular weight is 684 g/mol. The van der Waals surface area contributed by atoms with Crippen molar-refractivity contribution in [2.45, 2.75) is 77.1 Å². The fraction of sp³-hybridized carbons (Fsp3) is 0.333. The van der Waals surface area contributed by atoms with Crippen molar-refractivity contribution in [1.29, 1.82) is 0 Å². The van der Waals surface area contributed by atoms with Crippen molar-refractivity contribution in [2.75, 3.05) is 7.11 Å². The van der Waals surface area contributed by atoms with Gasteiger partial charge >= 0.3 is 12.1 Å². The molecule has 5 rings (SSSR count). The lowest BCUT2D eigenvalue weighted by Crippen LogP contribution is -2.39. The van der Waals surface area contributed by atoms with Crippen LogP contribution in [0.3, 0.4) is 0 Å². The number of halogens is 3. The Bertz CT molecular complexity index is 1760. The molecule has 1 amide bonds. The second-order valence-electron chi connectivity index (χ2n) is 13.2. The second kappa shape index (κ2) is 16.7. The van der Waals surface area contributed by atoms with E-state index < -0.39 is 17.7 Å². The van der Waals surface area contributed by atoms with Crippen molar-refractivity contribution < 1.29 is 32.2 Å². The van der Waals surface area contributed by atoms with Crippen LogP contribution in [0, 0.1) is 5.92 Å². The van der Waals surface area contributed by atoms with Crippen LogP contribution in [-0.4, -0.2) is 25.0 Å². The monoisotopic (exact) mass is 683 g/mol. The Morgan fingerprint density at radius 2 is 1.48 bits per heavy atom. The number of benzene rings is 4. The molecule has 262 valence electrons. The molecule has 0 heterocycles. The van der Waals surface area contributed by atoms with Crippen LogP contribution < -0.4 is 10.1 Å². The molecule has 1 aliphatic carbocycles. The standard InChI is InChI=1S/C42H44F3NO4/c1-28(2)34-9-6-10-37(25-34)46-40(47)39-26-35(41(48)49-3)18-17-33(39)8-5-4-7-29-13-23-38(24-14-29)50-27-30-11-15-31(16-12-30)32-19-21-36(22-20-32)42(43,44)45/h11-24,26,34,37H,1,4-10,25,27H2,2-3H3,(H,46,47). The topological polar surface area (TPSA) is 64.6 Å². The number of aryl methyl sites for hydroxylation is 2. The average Bonchev–Trinajstić information content (AvgIpc) is 3.12. The normalized spacial score (nSPS) is 16.0. The second-order valence-corrected chi connectivity index (χ2v) is 13.2. The summed E-state index contributed by atoms with van der Waals surface area (Å²) in [6, 6.07) is 26.1. The van der Waals surface area contributed by atoms with Crippen LogP contribution >= 0.6 is 0 Å². The van der Waals surface area contributed by atoms with Crippen LogP contribution in [0.5, 0.6) is 5.75 Å². The number of allylic oxidation sites excluding steroid dienone is 1. The Labute approximate surface area is 292 Å². The summed E-state index contributed by atoms with van der Waals surface area (Å²) in [4.78, 5) is 25.7. The SMILES string of the molecule is C=C(C)C1CCCC(NC(=O)c2cc(C(=O)OC)ccc2CCCCc2ccc(OCc3ccc(-c4ccc(C(F)(F)F)cc4)cc3)cc2)C1. The van der Waals surface area contributed by atoms with E-state index in [2.05, 4.69) is 31.0 Å². The van der Waals surface area contributed by atoms with E-state index in [9.17, 15) is 22.8 Å². The zero-order valence-corrected chi connectivity index (χ0v) is 28.7. The smallest absolute Gasteiger partial charge is 0.416 e. The molecule has 4 aromatic carbocycles. The molecule has 0 radical (unpaired) electrons. The van der Waals surface area contributed by atoms with Gasteiger partial charge in [0.05, 0.1) is 18.2 Å². The van der Waals surface area contributed by atoms with Crippen LogP contribution in [0.1, 0.15) is 88.4 Å². The lowest BCUT2D eigenvalue weighted by molar-refractivity contribution is -0.137. The van der Waals surface area contributed by atoms with E-state index in [0.29, 0.717) is 30.1 Å². The Balaban J connectivity index is 1.11. The molecule has 1 aliphatic rings. The van der Waals surface area contributed by atoms with Gasteiger partial charge in [0.1, 0.15) is 12.4 Å². The number of amides is 1. The number of unbranched alkanes of at least 4 members (excludes halogenated alkanes) is 1. The number of carbonyl (C=O) groups excluding carboxylic acids is 2. The van der Waals surface area contributed by atoms with Crippen molar-refractivity contribution in [3.63, 3.8) is 0 Å². The van der Waals surface area contributed by atoms with Crippen molar-refractivity contribution in [2.24, 2.45) is 5.92 Å². The van der Waals surface area contributed by atoms with Crippen molar-refractivity contribution in [3.05, 3.63) is 137 Å². The summed E-state index contributed by atoms with van der Waals surface area (Å²) in [7, 11) is 1.34. The Kier molecular flexibility index (Phi) is 12.2. The first kappa shape index (κ1) is 36.4. The number of ether oxygens (including phenoxy) is 2. The summed E-state index contributed by atoms with van der Waals surface area (Å²) >= 11 is 0. The predicted octanol–water partition coefficient (Wildman–Crippen LogP) is 10.2. The Morgan fingerprint density at radius 1 is 0.840 bits per heavy atom.